The van der Waals surface area contributed by atoms with E-state index in [1.807, 2.05) is 0 Å². The molecule has 0 atom stereocenters. The molecule has 0 aliphatic carbocycles. The highest BCUT2D eigenvalue weighted by Gasteiger charge is 2.09. The third-order valence-corrected chi connectivity index (χ3v) is 2.73. The minimum absolute atomic E-state index is 0.0693. The van der Waals surface area contributed by atoms with E-state index in [-0.39, 0.29) is 11.7 Å². The van der Waals surface area contributed by atoms with Gasteiger partial charge in [-0.2, -0.15) is 0 Å². The Morgan fingerprint density at radius 3 is 2.67 bits per heavy atom. The number of carbonyl (C=O) groups excluding carboxylic acids is 1. The van der Waals surface area contributed by atoms with E-state index >= 15 is 0 Å². The molecule has 0 saturated heterocycles. The molecule has 0 fully saturated rings. The van der Waals surface area contributed by atoms with Gasteiger partial charge in [0.25, 0.3) is 5.24 Å². The van der Waals surface area contributed by atoms with Crippen molar-refractivity contribution >= 4 is 23.0 Å². The highest BCUT2D eigenvalue weighted by atomic mass is 32.2. The first-order valence-corrected chi connectivity index (χ1v) is 5.14. The predicted molar refractivity (Wildman–Crippen MR) is 58.1 cm³/mol. The fraction of sp³-hybridized carbons (Fsp3) is 0.200. The molecule has 0 aliphatic rings. The summed E-state index contributed by atoms with van der Waals surface area (Å²) < 4.78 is 0. The van der Waals surface area contributed by atoms with Crippen LogP contribution in [-0.2, 0) is 11.2 Å². The number of aliphatic carboxylic acids is 1. The van der Waals surface area contributed by atoms with Gasteiger partial charge in [-0.3, -0.25) is 9.59 Å². The van der Waals surface area contributed by atoms with Crippen LogP contribution in [0.3, 0.4) is 0 Å². The average molecular weight is 225 g/mol. The van der Waals surface area contributed by atoms with Crippen LogP contribution < -0.4 is 5.32 Å². The van der Waals surface area contributed by atoms with E-state index < -0.39 is 5.97 Å². The van der Waals surface area contributed by atoms with Gasteiger partial charge in [0.05, 0.1) is 6.42 Å². The second-order valence-corrected chi connectivity index (χ2v) is 3.83. The molecule has 0 spiro atoms. The molecule has 0 heterocycles. The Labute approximate surface area is 91.7 Å². The summed E-state index contributed by atoms with van der Waals surface area (Å²) in [5.41, 5.74) is 0.651. The molecule has 15 heavy (non-hydrogen) atoms. The van der Waals surface area contributed by atoms with Gasteiger partial charge in [0.1, 0.15) is 0 Å². The van der Waals surface area contributed by atoms with E-state index in [9.17, 15) is 9.59 Å². The van der Waals surface area contributed by atoms with Gasteiger partial charge in [0.2, 0.25) is 0 Å². The molecular weight excluding hydrogens is 214 g/mol. The molecule has 1 aromatic rings. The van der Waals surface area contributed by atoms with Crippen molar-refractivity contribution in [1.29, 1.82) is 0 Å². The molecule has 1 amide bonds. The van der Waals surface area contributed by atoms with Crippen LogP contribution in [0.15, 0.2) is 29.2 Å². The number of hydrogen-bond acceptors (Lipinski definition) is 3. The summed E-state index contributed by atoms with van der Waals surface area (Å²) >= 11 is 0.999. The maximum atomic E-state index is 11.1. The first-order valence-electron chi connectivity index (χ1n) is 4.32. The van der Waals surface area contributed by atoms with Crippen molar-refractivity contribution in [1.82, 2.24) is 5.32 Å². The second kappa shape index (κ2) is 5.41. The minimum atomic E-state index is -0.903. The van der Waals surface area contributed by atoms with Gasteiger partial charge in [0, 0.05) is 11.9 Å². The maximum Gasteiger partial charge on any atom is 0.307 e. The summed E-state index contributed by atoms with van der Waals surface area (Å²) in [6.45, 7) is 0. The number of carboxylic acid groups (broad SMARTS) is 1. The zero-order valence-corrected chi connectivity index (χ0v) is 9.00. The Morgan fingerprint density at radius 1 is 1.40 bits per heavy atom. The summed E-state index contributed by atoms with van der Waals surface area (Å²) in [7, 11) is 1.54. The van der Waals surface area contributed by atoms with Crippen molar-refractivity contribution in [3.8, 4) is 0 Å². The Hall–Kier alpha value is -1.49. The lowest BCUT2D eigenvalue weighted by Crippen LogP contribution is -2.11. The normalized spacial score (nSPS) is 9.67. The van der Waals surface area contributed by atoms with Crippen molar-refractivity contribution in [2.24, 2.45) is 0 Å². The van der Waals surface area contributed by atoms with Crippen molar-refractivity contribution in [2.75, 3.05) is 7.05 Å². The van der Waals surface area contributed by atoms with E-state index in [1.54, 1.807) is 24.3 Å². The molecule has 1 rings (SSSR count). The van der Waals surface area contributed by atoms with E-state index in [2.05, 4.69) is 5.32 Å². The van der Waals surface area contributed by atoms with Crippen molar-refractivity contribution < 1.29 is 14.7 Å². The Bertz CT molecular complexity index is 379. The topological polar surface area (TPSA) is 66.4 Å². The molecule has 5 heteroatoms. The van der Waals surface area contributed by atoms with Crippen LogP contribution >= 0.6 is 11.8 Å². The van der Waals surface area contributed by atoms with E-state index in [0.29, 0.717) is 10.5 Å². The van der Waals surface area contributed by atoms with Crippen molar-refractivity contribution in [3.05, 3.63) is 29.8 Å². The van der Waals surface area contributed by atoms with Crippen LogP contribution in [0.4, 0.5) is 4.79 Å². The van der Waals surface area contributed by atoms with Crippen molar-refractivity contribution in [2.45, 2.75) is 11.3 Å². The summed E-state index contributed by atoms with van der Waals surface area (Å²) in [4.78, 5) is 22.4. The third-order valence-electron chi connectivity index (χ3n) is 1.72. The summed E-state index contributed by atoms with van der Waals surface area (Å²) in [5.74, 6) is -0.903. The summed E-state index contributed by atoms with van der Waals surface area (Å²) in [6, 6.07) is 6.97. The molecule has 0 aliphatic heterocycles. The number of hydrogen-bond donors (Lipinski definition) is 2. The Morgan fingerprint density at radius 2 is 2.07 bits per heavy atom. The molecule has 0 bridgehead atoms. The molecule has 0 radical (unpaired) electrons. The molecule has 80 valence electrons. The number of carbonyl (C=O) groups is 2. The standard InChI is InChI=1S/C10H11NO3S/c1-11-10(14)15-8-5-3-2-4-7(8)6-9(12)13/h2-5H,6H2,1H3,(H,11,14)(H,12,13). The molecular formula is C10H11NO3S. The molecule has 2 N–H and O–H groups in total. The maximum absolute atomic E-state index is 11.1. The number of thioether (sulfide) groups is 1. The number of nitrogens with one attached hydrogen (secondary N) is 1. The van der Waals surface area contributed by atoms with Crippen LogP contribution in [0.2, 0.25) is 0 Å². The second-order valence-electron chi connectivity index (χ2n) is 2.82. The summed E-state index contributed by atoms with van der Waals surface area (Å²) in [5, 5.41) is 10.9. The number of benzene rings is 1. The number of carboxylic acids is 1. The first kappa shape index (κ1) is 11.6. The highest BCUT2D eigenvalue weighted by molar-refractivity contribution is 8.13. The van der Waals surface area contributed by atoms with E-state index in [1.165, 1.54) is 7.05 Å². The molecule has 4 nitrogen and oxygen atoms in total. The first-order chi connectivity index (χ1) is 7.13. The van der Waals surface area contributed by atoms with Gasteiger partial charge in [-0.05, 0) is 23.4 Å². The zero-order chi connectivity index (χ0) is 11.3. The minimum Gasteiger partial charge on any atom is -0.481 e. The van der Waals surface area contributed by atoms with E-state index in [0.717, 1.165) is 11.8 Å². The van der Waals surface area contributed by atoms with Gasteiger partial charge in [0.15, 0.2) is 0 Å². The van der Waals surface area contributed by atoms with Gasteiger partial charge in [-0.1, -0.05) is 18.2 Å². The fourth-order valence-electron chi connectivity index (χ4n) is 1.06. The SMILES string of the molecule is CNC(=O)Sc1ccccc1CC(=O)O. The van der Waals surface area contributed by atoms with Gasteiger partial charge in [-0.15, -0.1) is 0 Å². The van der Waals surface area contributed by atoms with Crippen LogP contribution in [0.25, 0.3) is 0 Å². The molecule has 1 aromatic carbocycles. The quantitative estimate of drug-likeness (QED) is 0.769. The monoisotopic (exact) mass is 225 g/mol. The molecule has 0 unspecified atom stereocenters. The van der Waals surface area contributed by atoms with E-state index in [4.69, 9.17) is 5.11 Å². The van der Waals surface area contributed by atoms with Gasteiger partial charge in [-0.25, -0.2) is 0 Å². The number of rotatable bonds is 3. The Kier molecular flexibility index (Phi) is 4.17. The lowest BCUT2D eigenvalue weighted by Gasteiger charge is -2.05. The summed E-state index contributed by atoms with van der Waals surface area (Å²) in [6.07, 6.45) is -0.0693. The van der Waals surface area contributed by atoms with Crippen LogP contribution in [0.1, 0.15) is 5.56 Å². The van der Waals surface area contributed by atoms with Crippen LogP contribution in [-0.4, -0.2) is 23.4 Å². The third kappa shape index (κ3) is 3.63. The van der Waals surface area contributed by atoms with Gasteiger partial charge < -0.3 is 10.4 Å². The van der Waals surface area contributed by atoms with Crippen molar-refractivity contribution in [3.63, 3.8) is 0 Å². The fourth-order valence-corrected chi connectivity index (χ4v) is 1.78. The largest absolute Gasteiger partial charge is 0.481 e. The average Bonchev–Trinajstić information content (AvgIpc) is 2.20. The zero-order valence-electron chi connectivity index (χ0n) is 8.19. The molecule has 0 saturated carbocycles. The Balaban J connectivity index is 2.85. The molecule has 0 aromatic heterocycles. The van der Waals surface area contributed by atoms with Gasteiger partial charge >= 0.3 is 5.97 Å². The number of amides is 1. The van der Waals surface area contributed by atoms with Crippen LogP contribution in [0.5, 0.6) is 0 Å². The predicted octanol–water partition coefficient (Wildman–Crippen LogP) is 1.75. The lowest BCUT2D eigenvalue weighted by molar-refractivity contribution is -0.136. The van der Waals surface area contributed by atoms with Crippen LogP contribution in [0, 0.1) is 0 Å². The smallest absolute Gasteiger partial charge is 0.307 e. The lowest BCUT2D eigenvalue weighted by atomic mass is 10.1. The highest BCUT2D eigenvalue weighted by Crippen LogP contribution is 2.23.